The predicted octanol–water partition coefficient (Wildman–Crippen LogP) is 2.09. The molecule has 21 heavy (non-hydrogen) atoms. The van der Waals surface area contributed by atoms with Gasteiger partial charge in [-0.15, -0.1) is 0 Å². The van der Waals surface area contributed by atoms with Crippen molar-refractivity contribution in [2.75, 3.05) is 33.3 Å². The van der Waals surface area contributed by atoms with E-state index < -0.39 is 0 Å². The molecule has 116 valence electrons. The van der Waals surface area contributed by atoms with Gasteiger partial charge in [0.15, 0.2) is 0 Å². The monoisotopic (exact) mass is 290 g/mol. The molecular formula is C17H26N2O2. The van der Waals surface area contributed by atoms with Crippen LogP contribution in [0.15, 0.2) is 24.3 Å². The van der Waals surface area contributed by atoms with Crippen LogP contribution >= 0.6 is 0 Å². The molecule has 1 heterocycles. The fraction of sp³-hybridized carbons (Fsp3) is 0.588. The lowest BCUT2D eigenvalue weighted by Crippen LogP contribution is -2.42. The highest BCUT2D eigenvalue weighted by Gasteiger charge is 2.19. The van der Waals surface area contributed by atoms with Crippen molar-refractivity contribution in [2.24, 2.45) is 5.92 Å². The van der Waals surface area contributed by atoms with Gasteiger partial charge in [0.2, 0.25) is 5.91 Å². The maximum Gasteiger partial charge on any atom is 0.236 e. The zero-order valence-electron chi connectivity index (χ0n) is 13.1. The number of carbonyl (C=O) groups excluding carboxylic acids is 1. The third-order valence-corrected chi connectivity index (χ3v) is 4.14. The van der Waals surface area contributed by atoms with Gasteiger partial charge in [-0.25, -0.2) is 0 Å². The fourth-order valence-corrected chi connectivity index (χ4v) is 2.63. The average Bonchev–Trinajstić information content (AvgIpc) is 2.52. The highest BCUT2D eigenvalue weighted by Crippen LogP contribution is 2.15. The van der Waals surface area contributed by atoms with E-state index in [9.17, 15) is 4.79 Å². The van der Waals surface area contributed by atoms with Gasteiger partial charge >= 0.3 is 0 Å². The van der Waals surface area contributed by atoms with Crippen LogP contribution in [0.2, 0.25) is 0 Å². The molecule has 0 atom stereocenters. The number of methoxy groups -OCH3 is 1. The molecule has 1 aromatic carbocycles. The van der Waals surface area contributed by atoms with Gasteiger partial charge in [0.1, 0.15) is 5.75 Å². The van der Waals surface area contributed by atoms with Crippen LogP contribution in [-0.4, -0.2) is 44.1 Å². The number of piperidine rings is 1. The minimum atomic E-state index is 0.229. The summed E-state index contributed by atoms with van der Waals surface area (Å²) in [5, 5.41) is 3.25. The van der Waals surface area contributed by atoms with Crippen molar-refractivity contribution < 1.29 is 9.53 Å². The van der Waals surface area contributed by atoms with Crippen LogP contribution in [0, 0.1) is 5.92 Å². The van der Waals surface area contributed by atoms with Crippen molar-refractivity contribution in [2.45, 2.75) is 26.2 Å². The standard InChI is InChI=1S/C17H26N2O2/c1-14-7-10-19(11-8-14)17(20)13-18-9-6-15-4-3-5-16(12-15)21-2/h3-5,12,14,18H,6-11,13H2,1-2H3. The highest BCUT2D eigenvalue weighted by atomic mass is 16.5. The van der Waals surface area contributed by atoms with Gasteiger partial charge in [0.25, 0.3) is 0 Å². The Morgan fingerprint density at radius 3 is 2.86 bits per heavy atom. The molecule has 1 N–H and O–H groups in total. The van der Waals surface area contributed by atoms with E-state index in [1.54, 1.807) is 7.11 Å². The van der Waals surface area contributed by atoms with Crippen LogP contribution < -0.4 is 10.1 Å². The summed E-state index contributed by atoms with van der Waals surface area (Å²) in [5.41, 5.74) is 1.22. The Morgan fingerprint density at radius 2 is 2.14 bits per heavy atom. The number of ether oxygens (including phenoxy) is 1. The minimum absolute atomic E-state index is 0.229. The lowest BCUT2D eigenvalue weighted by Gasteiger charge is -2.30. The summed E-state index contributed by atoms with van der Waals surface area (Å²) in [7, 11) is 1.68. The van der Waals surface area contributed by atoms with Gasteiger partial charge in [0, 0.05) is 13.1 Å². The quantitative estimate of drug-likeness (QED) is 0.816. The van der Waals surface area contributed by atoms with Gasteiger partial charge in [-0.2, -0.15) is 0 Å². The Labute approximate surface area is 127 Å². The second-order valence-corrected chi connectivity index (χ2v) is 5.84. The van der Waals surface area contributed by atoms with Crippen LogP contribution in [0.3, 0.4) is 0 Å². The van der Waals surface area contributed by atoms with E-state index in [-0.39, 0.29) is 5.91 Å². The van der Waals surface area contributed by atoms with Crippen LogP contribution in [0.4, 0.5) is 0 Å². The normalized spacial score (nSPS) is 16.0. The molecule has 0 aromatic heterocycles. The van der Waals surface area contributed by atoms with Gasteiger partial charge in [0.05, 0.1) is 13.7 Å². The molecule has 1 saturated heterocycles. The van der Waals surface area contributed by atoms with Crippen molar-refractivity contribution in [3.05, 3.63) is 29.8 Å². The summed E-state index contributed by atoms with van der Waals surface area (Å²) < 4.78 is 5.21. The first kappa shape index (κ1) is 15.8. The highest BCUT2D eigenvalue weighted by molar-refractivity contribution is 5.78. The second-order valence-electron chi connectivity index (χ2n) is 5.84. The molecule has 0 radical (unpaired) electrons. The van der Waals surface area contributed by atoms with Gasteiger partial charge in [-0.3, -0.25) is 4.79 Å². The Morgan fingerprint density at radius 1 is 1.38 bits per heavy atom. The first-order valence-electron chi connectivity index (χ1n) is 7.80. The van der Waals surface area contributed by atoms with Gasteiger partial charge in [-0.05, 0) is 49.4 Å². The minimum Gasteiger partial charge on any atom is -0.497 e. The van der Waals surface area contributed by atoms with Gasteiger partial charge in [-0.1, -0.05) is 19.1 Å². The van der Waals surface area contributed by atoms with E-state index in [2.05, 4.69) is 18.3 Å². The van der Waals surface area contributed by atoms with Crippen molar-refractivity contribution in [3.8, 4) is 5.75 Å². The van der Waals surface area contributed by atoms with Crippen molar-refractivity contribution >= 4 is 5.91 Å². The number of hydrogen-bond donors (Lipinski definition) is 1. The molecule has 4 nitrogen and oxygen atoms in total. The number of rotatable bonds is 6. The summed E-state index contributed by atoms with van der Waals surface area (Å²) in [6.45, 7) is 5.34. The van der Waals surface area contributed by atoms with Crippen molar-refractivity contribution in [3.63, 3.8) is 0 Å². The molecular weight excluding hydrogens is 264 g/mol. The first-order valence-corrected chi connectivity index (χ1v) is 7.80. The number of carbonyl (C=O) groups is 1. The molecule has 1 amide bonds. The van der Waals surface area contributed by atoms with Crippen LogP contribution in [0.1, 0.15) is 25.3 Å². The van der Waals surface area contributed by atoms with E-state index in [0.29, 0.717) is 6.54 Å². The summed E-state index contributed by atoms with van der Waals surface area (Å²) in [6, 6.07) is 8.06. The summed E-state index contributed by atoms with van der Waals surface area (Å²) >= 11 is 0. The Hall–Kier alpha value is -1.55. The molecule has 1 aliphatic rings. The number of nitrogens with one attached hydrogen (secondary N) is 1. The zero-order valence-corrected chi connectivity index (χ0v) is 13.1. The first-order chi connectivity index (χ1) is 10.2. The van der Waals surface area contributed by atoms with Crippen LogP contribution in [-0.2, 0) is 11.2 Å². The van der Waals surface area contributed by atoms with Crippen LogP contribution in [0.5, 0.6) is 5.75 Å². The maximum absolute atomic E-state index is 12.1. The Balaban J connectivity index is 1.66. The molecule has 0 unspecified atom stereocenters. The Kier molecular flexibility index (Phi) is 6.05. The lowest BCUT2D eigenvalue weighted by molar-refractivity contribution is -0.131. The average molecular weight is 290 g/mol. The zero-order chi connectivity index (χ0) is 15.1. The maximum atomic E-state index is 12.1. The van der Waals surface area contributed by atoms with E-state index in [1.807, 2.05) is 23.1 Å². The molecule has 0 bridgehead atoms. The largest absolute Gasteiger partial charge is 0.497 e. The Bertz CT molecular complexity index is 454. The molecule has 1 fully saturated rings. The van der Waals surface area contributed by atoms with Gasteiger partial charge < -0.3 is 15.0 Å². The predicted molar refractivity (Wildman–Crippen MR) is 84.5 cm³/mol. The molecule has 1 aromatic rings. The van der Waals surface area contributed by atoms with E-state index >= 15 is 0 Å². The van der Waals surface area contributed by atoms with Crippen LogP contribution in [0.25, 0.3) is 0 Å². The summed E-state index contributed by atoms with van der Waals surface area (Å²) in [5.74, 6) is 1.87. The van der Waals surface area contributed by atoms with E-state index in [0.717, 1.165) is 50.6 Å². The second kappa shape index (κ2) is 8.03. The molecule has 2 rings (SSSR count). The third kappa shape index (κ3) is 5.05. The molecule has 0 aliphatic carbocycles. The van der Waals surface area contributed by atoms with E-state index in [4.69, 9.17) is 4.74 Å². The number of amides is 1. The number of benzene rings is 1. The summed E-state index contributed by atoms with van der Waals surface area (Å²) in [6.07, 6.45) is 3.17. The number of nitrogens with zero attached hydrogens (tertiary/aromatic N) is 1. The smallest absolute Gasteiger partial charge is 0.236 e. The topological polar surface area (TPSA) is 41.6 Å². The van der Waals surface area contributed by atoms with Crippen molar-refractivity contribution in [1.82, 2.24) is 10.2 Å². The van der Waals surface area contributed by atoms with E-state index in [1.165, 1.54) is 5.56 Å². The fourth-order valence-electron chi connectivity index (χ4n) is 2.63. The molecule has 0 saturated carbocycles. The number of likely N-dealkylation sites (tertiary alicyclic amines) is 1. The molecule has 1 aliphatic heterocycles. The summed E-state index contributed by atoms with van der Waals surface area (Å²) in [4.78, 5) is 14.0. The molecule has 0 spiro atoms. The lowest BCUT2D eigenvalue weighted by atomic mass is 9.99. The SMILES string of the molecule is COc1cccc(CCNCC(=O)N2CCC(C)CC2)c1. The van der Waals surface area contributed by atoms with Crippen molar-refractivity contribution in [1.29, 1.82) is 0 Å². The third-order valence-electron chi connectivity index (χ3n) is 4.14. The number of hydrogen-bond acceptors (Lipinski definition) is 3. The molecule has 4 heteroatoms.